The van der Waals surface area contributed by atoms with Crippen LogP contribution in [-0.2, 0) is 14.2 Å². The Morgan fingerprint density at radius 2 is 1.25 bits per heavy atom. The molecule has 142 valence electrons. The maximum atomic E-state index is 13.4. The van der Waals surface area contributed by atoms with Gasteiger partial charge >= 0.3 is 0 Å². The Morgan fingerprint density at radius 3 is 1.83 bits per heavy atom. The summed E-state index contributed by atoms with van der Waals surface area (Å²) >= 11 is 0. The molecule has 24 heavy (non-hydrogen) atoms. The van der Waals surface area contributed by atoms with Crippen molar-refractivity contribution in [2.75, 3.05) is 39.6 Å². The molecule has 0 atom stereocenters. The van der Waals surface area contributed by atoms with Crippen LogP contribution in [0, 0.1) is 12.3 Å². The summed E-state index contributed by atoms with van der Waals surface area (Å²) in [5.74, 6) is -4.61. The van der Waals surface area contributed by atoms with Gasteiger partial charge in [0.15, 0.2) is 0 Å². The van der Waals surface area contributed by atoms with Gasteiger partial charge in [0.1, 0.15) is 33.0 Å². The normalized spacial score (nSPS) is 12.3. The van der Waals surface area contributed by atoms with Crippen LogP contribution in [-0.4, -0.2) is 51.5 Å². The Morgan fingerprint density at radius 1 is 0.750 bits per heavy atom. The first-order valence-electron chi connectivity index (χ1n) is 8.25. The lowest BCUT2D eigenvalue weighted by Crippen LogP contribution is -2.35. The van der Waals surface area contributed by atoms with Crippen LogP contribution in [0.1, 0.15) is 45.4 Å². The molecule has 0 rings (SSSR count). The number of alkyl halides is 4. The number of halogens is 4. The maximum Gasteiger partial charge on any atom is 0.293 e. The van der Waals surface area contributed by atoms with Gasteiger partial charge in [0, 0.05) is 6.61 Å². The number of hydrogen-bond acceptors (Lipinski definition) is 3. The molecular formula is C17H28F4O3. The van der Waals surface area contributed by atoms with E-state index in [1.807, 2.05) is 5.92 Å². The van der Waals surface area contributed by atoms with Crippen LogP contribution < -0.4 is 0 Å². The second-order valence-corrected chi connectivity index (χ2v) is 5.72. The first-order valence-corrected chi connectivity index (χ1v) is 8.25. The lowest BCUT2D eigenvalue weighted by Gasteiger charge is -2.20. The minimum atomic E-state index is -3.35. The van der Waals surface area contributed by atoms with Crippen molar-refractivity contribution in [3.8, 4) is 12.3 Å². The average Bonchev–Trinajstić information content (AvgIpc) is 2.49. The van der Waals surface area contributed by atoms with Crippen molar-refractivity contribution in [3.05, 3.63) is 0 Å². The molecule has 0 unspecified atom stereocenters. The van der Waals surface area contributed by atoms with Gasteiger partial charge in [-0.3, -0.25) is 0 Å². The van der Waals surface area contributed by atoms with Crippen molar-refractivity contribution >= 4 is 0 Å². The molecule has 0 aromatic carbocycles. The van der Waals surface area contributed by atoms with Gasteiger partial charge in [-0.15, -0.1) is 6.42 Å². The first-order chi connectivity index (χ1) is 11.3. The predicted octanol–water partition coefficient (Wildman–Crippen LogP) is 4.30. The number of ether oxygens (including phenoxy) is 3. The molecule has 0 radical (unpaired) electrons. The molecule has 0 aliphatic rings. The van der Waals surface area contributed by atoms with E-state index in [4.69, 9.17) is 11.2 Å². The van der Waals surface area contributed by atoms with Gasteiger partial charge in [-0.1, -0.05) is 44.9 Å². The van der Waals surface area contributed by atoms with E-state index < -0.39 is 38.3 Å². The van der Waals surface area contributed by atoms with E-state index in [1.165, 1.54) is 6.42 Å². The fraction of sp³-hybridized carbons (Fsp3) is 0.882. The van der Waals surface area contributed by atoms with Gasteiger partial charge in [0.2, 0.25) is 0 Å². The molecule has 0 aromatic rings. The van der Waals surface area contributed by atoms with Crippen molar-refractivity contribution in [2.24, 2.45) is 0 Å². The zero-order chi connectivity index (χ0) is 18.3. The molecule has 0 aliphatic heterocycles. The van der Waals surface area contributed by atoms with Crippen molar-refractivity contribution in [1.82, 2.24) is 0 Å². The molecule has 0 spiro atoms. The van der Waals surface area contributed by atoms with Gasteiger partial charge < -0.3 is 14.2 Å². The second-order valence-electron chi connectivity index (χ2n) is 5.72. The molecule has 0 saturated carbocycles. The standard InChI is InChI=1S/C17H28F4O3/c1-3-5-6-7-8-9-11-23-13-17(20,21)15-24-14-16(18,19)12-22-10-4-2/h2H,3,5-15H2,1H3. The molecule has 0 fully saturated rings. The Hall–Kier alpha value is -0.840. The van der Waals surface area contributed by atoms with Gasteiger partial charge in [0.25, 0.3) is 11.8 Å². The van der Waals surface area contributed by atoms with E-state index in [0.717, 1.165) is 25.7 Å². The summed E-state index contributed by atoms with van der Waals surface area (Å²) in [4.78, 5) is 0. The van der Waals surface area contributed by atoms with Crippen molar-refractivity contribution < 1.29 is 31.8 Å². The highest BCUT2D eigenvalue weighted by Crippen LogP contribution is 2.19. The third-order valence-corrected chi connectivity index (χ3v) is 3.08. The lowest BCUT2D eigenvalue weighted by molar-refractivity contribution is -0.165. The highest BCUT2D eigenvalue weighted by Gasteiger charge is 2.34. The minimum Gasteiger partial charge on any atom is -0.375 e. The smallest absolute Gasteiger partial charge is 0.293 e. The van der Waals surface area contributed by atoms with Crippen molar-refractivity contribution in [1.29, 1.82) is 0 Å². The van der Waals surface area contributed by atoms with Gasteiger partial charge in [-0.05, 0) is 6.42 Å². The number of unbranched alkanes of at least 4 members (excludes halogenated alkanes) is 5. The Labute approximate surface area is 142 Å². The highest BCUT2D eigenvalue weighted by molar-refractivity contribution is 4.83. The quantitative estimate of drug-likeness (QED) is 0.234. The van der Waals surface area contributed by atoms with Gasteiger partial charge in [-0.25, -0.2) is 17.6 Å². The number of terminal acetylenes is 1. The molecule has 0 N–H and O–H groups in total. The third-order valence-electron chi connectivity index (χ3n) is 3.08. The van der Waals surface area contributed by atoms with Crippen LogP contribution in [0.3, 0.4) is 0 Å². The summed E-state index contributed by atoms with van der Waals surface area (Å²) in [6, 6.07) is 0. The molecule has 0 saturated heterocycles. The van der Waals surface area contributed by atoms with E-state index in [2.05, 4.69) is 16.4 Å². The van der Waals surface area contributed by atoms with Crippen LogP contribution in [0.5, 0.6) is 0 Å². The third kappa shape index (κ3) is 14.7. The van der Waals surface area contributed by atoms with Crippen LogP contribution >= 0.6 is 0 Å². The van der Waals surface area contributed by atoms with Crippen LogP contribution in [0.25, 0.3) is 0 Å². The average molecular weight is 356 g/mol. The zero-order valence-electron chi connectivity index (χ0n) is 14.3. The largest absolute Gasteiger partial charge is 0.375 e. The topological polar surface area (TPSA) is 27.7 Å². The molecule has 0 aliphatic carbocycles. The predicted molar refractivity (Wildman–Crippen MR) is 84.6 cm³/mol. The van der Waals surface area contributed by atoms with E-state index in [9.17, 15) is 17.6 Å². The fourth-order valence-electron chi connectivity index (χ4n) is 1.90. The summed E-state index contributed by atoms with van der Waals surface area (Å²) in [5.41, 5.74) is 0. The molecule has 0 amide bonds. The summed E-state index contributed by atoms with van der Waals surface area (Å²) in [6.07, 6.45) is 11.0. The van der Waals surface area contributed by atoms with Crippen molar-refractivity contribution in [3.63, 3.8) is 0 Å². The zero-order valence-corrected chi connectivity index (χ0v) is 14.3. The molecular weight excluding hydrogens is 328 g/mol. The van der Waals surface area contributed by atoms with E-state index in [0.29, 0.717) is 6.42 Å². The SMILES string of the molecule is C#CCOCC(F)(F)COCC(F)(F)COCCCCCCCC. The maximum absolute atomic E-state index is 13.4. The van der Waals surface area contributed by atoms with E-state index in [-0.39, 0.29) is 13.2 Å². The number of rotatable bonds is 16. The Balaban J connectivity index is 3.68. The molecule has 7 heteroatoms. The monoisotopic (exact) mass is 356 g/mol. The minimum absolute atomic E-state index is 0.234. The van der Waals surface area contributed by atoms with Gasteiger partial charge in [-0.2, -0.15) is 0 Å². The molecule has 0 heterocycles. The lowest BCUT2D eigenvalue weighted by atomic mass is 10.1. The Bertz CT molecular complexity index is 343. The van der Waals surface area contributed by atoms with Gasteiger partial charge in [0.05, 0.1) is 0 Å². The molecule has 0 bridgehead atoms. The highest BCUT2D eigenvalue weighted by atomic mass is 19.3. The van der Waals surface area contributed by atoms with E-state index in [1.54, 1.807) is 0 Å². The Kier molecular flexibility index (Phi) is 13.0. The number of hydrogen-bond donors (Lipinski definition) is 0. The van der Waals surface area contributed by atoms with E-state index >= 15 is 0 Å². The first kappa shape index (κ1) is 23.2. The summed E-state index contributed by atoms with van der Waals surface area (Å²) in [5, 5.41) is 0. The summed E-state index contributed by atoms with van der Waals surface area (Å²) < 4.78 is 67.1. The summed E-state index contributed by atoms with van der Waals surface area (Å²) in [6.45, 7) is -1.97. The fourth-order valence-corrected chi connectivity index (χ4v) is 1.90. The van der Waals surface area contributed by atoms with Crippen LogP contribution in [0.4, 0.5) is 17.6 Å². The summed E-state index contributed by atoms with van der Waals surface area (Å²) in [7, 11) is 0. The second kappa shape index (κ2) is 13.5. The van der Waals surface area contributed by atoms with Crippen molar-refractivity contribution in [2.45, 2.75) is 57.3 Å². The van der Waals surface area contributed by atoms with Crippen LogP contribution in [0.15, 0.2) is 0 Å². The molecule has 0 aromatic heterocycles. The molecule has 3 nitrogen and oxygen atoms in total. The van der Waals surface area contributed by atoms with Crippen LogP contribution in [0.2, 0.25) is 0 Å².